The van der Waals surface area contributed by atoms with Gasteiger partial charge in [-0.2, -0.15) is 26.9 Å². The molecule has 0 N–H and O–H groups in total. The zero-order valence-electron chi connectivity index (χ0n) is 12.4. The van der Waals surface area contributed by atoms with E-state index in [1.165, 1.54) is 16.7 Å². The maximum Gasteiger partial charge on any atom is 0.417 e. The number of aromatic nitrogens is 5. The number of halogens is 5. The topological polar surface area (TPSA) is 78.3 Å². The molecule has 0 amide bonds. The summed E-state index contributed by atoms with van der Waals surface area (Å²) in [5.41, 5.74) is -1.02. The van der Waals surface area contributed by atoms with Gasteiger partial charge in [0.05, 0.1) is 5.56 Å². The lowest BCUT2D eigenvalue weighted by Crippen LogP contribution is -2.11. The molecule has 12 heteroatoms. The van der Waals surface area contributed by atoms with Gasteiger partial charge in [-0.05, 0) is 12.1 Å². The normalized spacial score (nSPS) is 12.4. The smallest absolute Gasteiger partial charge is 0.417 e. The zero-order chi connectivity index (χ0) is 18.5. The molecule has 0 unspecified atom stereocenters. The summed E-state index contributed by atoms with van der Waals surface area (Å²) in [6, 6.07) is 2.90. The molecule has 4 heterocycles. The SMILES string of the molecule is FC(F)Oc1cc(C(F)(F)F)c2ccc3nc(-c4nnco4)cn3c2n1. The Kier molecular flexibility index (Phi) is 3.49. The Hall–Kier alpha value is -3.31. The fourth-order valence-electron chi connectivity index (χ4n) is 2.48. The Labute approximate surface area is 140 Å². The molecule has 4 rings (SSSR count). The van der Waals surface area contributed by atoms with Gasteiger partial charge in [0.25, 0.3) is 5.89 Å². The van der Waals surface area contributed by atoms with Gasteiger partial charge in [0, 0.05) is 17.6 Å². The van der Waals surface area contributed by atoms with Gasteiger partial charge in [0.15, 0.2) is 0 Å². The van der Waals surface area contributed by atoms with E-state index in [1.54, 1.807) is 0 Å². The van der Waals surface area contributed by atoms with E-state index in [-0.39, 0.29) is 28.3 Å². The number of hydrogen-bond donors (Lipinski definition) is 0. The summed E-state index contributed by atoms with van der Waals surface area (Å²) in [6.45, 7) is -3.32. The molecule has 0 aliphatic heterocycles. The van der Waals surface area contributed by atoms with Crippen LogP contribution in [-0.2, 0) is 6.18 Å². The molecular weight excluding hydrogens is 365 g/mol. The second-order valence-corrected chi connectivity index (χ2v) is 5.05. The lowest BCUT2D eigenvalue weighted by Gasteiger charge is -2.13. The molecule has 0 spiro atoms. The van der Waals surface area contributed by atoms with Gasteiger partial charge in [-0.25, -0.2) is 4.98 Å². The maximum absolute atomic E-state index is 13.3. The highest BCUT2D eigenvalue weighted by Crippen LogP contribution is 2.37. The van der Waals surface area contributed by atoms with Crippen molar-refractivity contribution in [2.75, 3.05) is 0 Å². The van der Waals surface area contributed by atoms with Crippen LogP contribution in [0.25, 0.3) is 28.3 Å². The van der Waals surface area contributed by atoms with E-state index < -0.39 is 24.2 Å². The predicted molar refractivity (Wildman–Crippen MR) is 75.4 cm³/mol. The third-order valence-corrected chi connectivity index (χ3v) is 3.47. The van der Waals surface area contributed by atoms with Crippen LogP contribution in [0.3, 0.4) is 0 Å². The average Bonchev–Trinajstić information content (AvgIpc) is 3.21. The number of nitrogens with zero attached hydrogens (tertiary/aromatic N) is 5. The van der Waals surface area contributed by atoms with Crippen molar-refractivity contribution in [1.82, 2.24) is 24.6 Å². The Morgan fingerprint density at radius 2 is 1.96 bits per heavy atom. The van der Waals surface area contributed by atoms with Gasteiger partial charge in [-0.15, -0.1) is 10.2 Å². The largest absolute Gasteiger partial charge is 0.422 e. The fourth-order valence-corrected chi connectivity index (χ4v) is 2.48. The summed E-state index contributed by atoms with van der Waals surface area (Å²) in [5, 5.41) is 6.84. The fraction of sp³-hybridized carbons (Fsp3) is 0.143. The van der Waals surface area contributed by atoms with Crippen molar-refractivity contribution >= 4 is 16.7 Å². The molecule has 0 saturated heterocycles. The third kappa shape index (κ3) is 2.68. The molecule has 134 valence electrons. The molecule has 0 aromatic carbocycles. The summed E-state index contributed by atoms with van der Waals surface area (Å²) < 4.78 is 75.2. The van der Waals surface area contributed by atoms with Gasteiger partial charge in [0.2, 0.25) is 12.3 Å². The minimum Gasteiger partial charge on any atom is -0.422 e. The van der Waals surface area contributed by atoms with Gasteiger partial charge < -0.3 is 9.15 Å². The standard InChI is InChI=1S/C14H6F5N5O2/c15-13(16)26-10-3-7(14(17,18)19)6-1-2-9-21-8(12-23-20-5-25-12)4-24(9)11(6)22-10/h1-5,13H. The molecule has 0 fully saturated rings. The molecule has 0 aliphatic rings. The van der Waals surface area contributed by atoms with Crippen molar-refractivity contribution in [3.05, 3.63) is 36.4 Å². The molecule has 26 heavy (non-hydrogen) atoms. The number of fused-ring (bicyclic) bond motifs is 3. The zero-order valence-corrected chi connectivity index (χ0v) is 12.4. The highest BCUT2D eigenvalue weighted by Gasteiger charge is 2.34. The van der Waals surface area contributed by atoms with Crippen LogP contribution >= 0.6 is 0 Å². The van der Waals surface area contributed by atoms with E-state index in [9.17, 15) is 22.0 Å². The lowest BCUT2D eigenvalue weighted by atomic mass is 10.1. The molecule has 0 bridgehead atoms. The highest BCUT2D eigenvalue weighted by molar-refractivity contribution is 5.83. The molecular formula is C14H6F5N5O2. The summed E-state index contributed by atoms with van der Waals surface area (Å²) in [5.74, 6) is -0.821. The van der Waals surface area contributed by atoms with Crippen molar-refractivity contribution in [3.63, 3.8) is 0 Å². The second-order valence-electron chi connectivity index (χ2n) is 5.05. The molecule has 4 aromatic heterocycles. The van der Waals surface area contributed by atoms with Crippen molar-refractivity contribution < 1.29 is 31.1 Å². The molecule has 4 aromatic rings. The van der Waals surface area contributed by atoms with Crippen LogP contribution in [-0.4, -0.2) is 31.2 Å². The van der Waals surface area contributed by atoms with Crippen LogP contribution in [0.15, 0.2) is 35.2 Å². The van der Waals surface area contributed by atoms with Crippen LogP contribution in [0, 0.1) is 0 Å². The van der Waals surface area contributed by atoms with Crippen LogP contribution in [0.5, 0.6) is 5.88 Å². The number of alkyl halides is 5. The monoisotopic (exact) mass is 371 g/mol. The van der Waals surface area contributed by atoms with E-state index in [0.29, 0.717) is 6.07 Å². The van der Waals surface area contributed by atoms with Crippen molar-refractivity contribution in [2.24, 2.45) is 0 Å². The maximum atomic E-state index is 13.3. The van der Waals surface area contributed by atoms with Crippen LogP contribution in [0.1, 0.15) is 5.56 Å². The Bertz CT molecular complexity index is 1090. The molecule has 0 aliphatic carbocycles. The number of rotatable bonds is 3. The predicted octanol–water partition coefficient (Wildman–Crippen LogP) is 3.55. The van der Waals surface area contributed by atoms with E-state index in [1.807, 2.05) is 0 Å². The number of ether oxygens (including phenoxy) is 1. The van der Waals surface area contributed by atoms with E-state index in [2.05, 4.69) is 24.9 Å². The van der Waals surface area contributed by atoms with Crippen LogP contribution < -0.4 is 4.74 Å². The van der Waals surface area contributed by atoms with Crippen LogP contribution in [0.4, 0.5) is 22.0 Å². The Balaban J connectivity index is 2.02. The molecule has 0 saturated carbocycles. The molecule has 7 nitrogen and oxygen atoms in total. The quantitative estimate of drug-likeness (QED) is 0.513. The summed E-state index contributed by atoms with van der Waals surface area (Å²) >= 11 is 0. The van der Waals surface area contributed by atoms with E-state index >= 15 is 0 Å². The van der Waals surface area contributed by atoms with Gasteiger partial charge in [-0.3, -0.25) is 4.40 Å². The second kappa shape index (κ2) is 5.61. The first-order valence-corrected chi connectivity index (χ1v) is 6.94. The average molecular weight is 371 g/mol. The summed E-state index contributed by atoms with van der Waals surface area (Å²) in [4.78, 5) is 7.91. The number of pyridine rings is 2. The number of imidazole rings is 1. The van der Waals surface area contributed by atoms with Crippen LogP contribution in [0.2, 0.25) is 0 Å². The highest BCUT2D eigenvalue weighted by atomic mass is 19.4. The first-order chi connectivity index (χ1) is 12.3. The lowest BCUT2D eigenvalue weighted by molar-refractivity contribution is -0.136. The van der Waals surface area contributed by atoms with Crippen molar-refractivity contribution in [1.29, 1.82) is 0 Å². The Morgan fingerprint density at radius 1 is 1.15 bits per heavy atom. The van der Waals surface area contributed by atoms with E-state index in [0.717, 1.165) is 12.5 Å². The molecule has 0 atom stereocenters. The summed E-state index contributed by atoms with van der Waals surface area (Å²) in [7, 11) is 0. The number of hydrogen-bond acceptors (Lipinski definition) is 6. The van der Waals surface area contributed by atoms with Crippen molar-refractivity contribution in [2.45, 2.75) is 12.8 Å². The Morgan fingerprint density at radius 3 is 2.62 bits per heavy atom. The minimum atomic E-state index is -4.80. The first kappa shape index (κ1) is 16.2. The minimum absolute atomic E-state index is 0.0397. The van der Waals surface area contributed by atoms with Gasteiger partial charge >= 0.3 is 12.8 Å². The third-order valence-electron chi connectivity index (χ3n) is 3.47. The summed E-state index contributed by atoms with van der Waals surface area (Å²) in [6.07, 6.45) is -2.43. The van der Waals surface area contributed by atoms with E-state index in [4.69, 9.17) is 4.42 Å². The first-order valence-electron chi connectivity index (χ1n) is 6.94. The van der Waals surface area contributed by atoms with Gasteiger partial charge in [0.1, 0.15) is 17.0 Å². The van der Waals surface area contributed by atoms with Crippen molar-refractivity contribution in [3.8, 4) is 17.5 Å². The van der Waals surface area contributed by atoms with Gasteiger partial charge in [-0.1, -0.05) is 0 Å². The molecule has 0 radical (unpaired) electrons.